The molecule has 146 valence electrons. The van der Waals surface area contributed by atoms with Crippen LogP contribution in [0, 0.1) is 6.92 Å². The molecule has 0 aliphatic heterocycles. The summed E-state index contributed by atoms with van der Waals surface area (Å²) in [4.78, 5) is 16.6. The smallest absolute Gasteiger partial charge is 0.336 e. The normalized spacial score (nSPS) is 11.0. The number of carboxylic acid groups (broad SMARTS) is 1. The van der Waals surface area contributed by atoms with Gasteiger partial charge >= 0.3 is 5.97 Å². The Hall–Kier alpha value is -3.38. The van der Waals surface area contributed by atoms with Crippen LogP contribution in [0.1, 0.15) is 21.5 Å². The number of nitrogens with one attached hydrogen (secondary N) is 1. The van der Waals surface area contributed by atoms with Gasteiger partial charge in [0.1, 0.15) is 5.75 Å². The number of nitrogens with zero attached hydrogens (tertiary/aromatic N) is 2. The summed E-state index contributed by atoms with van der Waals surface area (Å²) >= 11 is 6.02. The largest absolute Gasteiger partial charge is 0.496 e. The van der Waals surface area contributed by atoms with Crippen LogP contribution in [0.2, 0.25) is 0 Å². The molecule has 4 rings (SSSR count). The molecule has 0 aliphatic rings. The van der Waals surface area contributed by atoms with Crippen LogP contribution in [0.3, 0.4) is 0 Å². The number of ether oxygens (including phenoxy) is 1. The van der Waals surface area contributed by atoms with Crippen LogP contribution in [0.25, 0.3) is 33.5 Å². The van der Waals surface area contributed by atoms with E-state index < -0.39 is 5.97 Å². The lowest BCUT2D eigenvalue weighted by atomic mass is 10.0. The van der Waals surface area contributed by atoms with Crippen LogP contribution in [-0.2, 0) is 5.88 Å². The number of rotatable bonds is 5. The van der Waals surface area contributed by atoms with Crippen molar-refractivity contribution in [2.24, 2.45) is 0 Å². The van der Waals surface area contributed by atoms with Gasteiger partial charge in [0.05, 0.1) is 35.3 Å². The maximum absolute atomic E-state index is 12.0. The first-order valence-electron chi connectivity index (χ1n) is 8.94. The van der Waals surface area contributed by atoms with Gasteiger partial charge in [-0.05, 0) is 31.2 Å². The molecule has 0 saturated heterocycles. The van der Waals surface area contributed by atoms with Crippen molar-refractivity contribution < 1.29 is 14.6 Å². The molecule has 0 radical (unpaired) electrons. The lowest BCUT2D eigenvalue weighted by Crippen LogP contribution is -2.00. The SMILES string of the molecule is COc1ccc(-c2cc(C(=O)O)c3c(-c4ccc(C)cc4)[nH]nc3n2)cc1CCl. The molecule has 7 heteroatoms. The maximum atomic E-state index is 12.0. The molecule has 0 atom stereocenters. The number of halogens is 1. The number of carbonyl (C=O) groups is 1. The number of hydrogen-bond acceptors (Lipinski definition) is 4. The van der Waals surface area contributed by atoms with Crippen molar-refractivity contribution in [2.75, 3.05) is 7.11 Å². The summed E-state index contributed by atoms with van der Waals surface area (Å²) in [7, 11) is 1.58. The van der Waals surface area contributed by atoms with E-state index in [1.165, 1.54) is 0 Å². The minimum atomic E-state index is -1.04. The molecule has 2 heterocycles. The van der Waals surface area contributed by atoms with E-state index in [0.717, 1.165) is 22.3 Å². The van der Waals surface area contributed by atoms with Gasteiger partial charge in [-0.3, -0.25) is 5.10 Å². The summed E-state index contributed by atoms with van der Waals surface area (Å²) in [5, 5.41) is 17.6. The number of fused-ring (bicyclic) bond motifs is 1. The Kier molecular flexibility index (Phi) is 4.94. The van der Waals surface area contributed by atoms with Crippen molar-refractivity contribution in [1.82, 2.24) is 15.2 Å². The van der Waals surface area contributed by atoms with E-state index in [-0.39, 0.29) is 11.4 Å². The third kappa shape index (κ3) is 3.43. The second-order valence-corrected chi connectivity index (χ2v) is 6.95. The lowest BCUT2D eigenvalue weighted by molar-refractivity contribution is 0.0699. The Morgan fingerprint density at radius 1 is 1.14 bits per heavy atom. The van der Waals surface area contributed by atoms with Gasteiger partial charge in [0.2, 0.25) is 0 Å². The molecule has 0 aliphatic carbocycles. The van der Waals surface area contributed by atoms with E-state index >= 15 is 0 Å². The molecule has 0 bridgehead atoms. The Labute approximate surface area is 172 Å². The first-order chi connectivity index (χ1) is 14.0. The molecule has 0 fully saturated rings. The number of aromatic nitrogens is 3. The van der Waals surface area contributed by atoms with Gasteiger partial charge in [0, 0.05) is 16.7 Å². The molecule has 29 heavy (non-hydrogen) atoms. The first kappa shape index (κ1) is 19.0. The Balaban J connectivity index is 1.91. The zero-order chi connectivity index (χ0) is 20.5. The molecule has 0 unspecified atom stereocenters. The van der Waals surface area contributed by atoms with Gasteiger partial charge in [-0.15, -0.1) is 11.6 Å². The summed E-state index contributed by atoms with van der Waals surface area (Å²) in [6, 6.07) is 14.8. The number of methoxy groups -OCH3 is 1. The average molecular weight is 408 g/mol. The highest BCUT2D eigenvalue weighted by atomic mass is 35.5. The zero-order valence-electron chi connectivity index (χ0n) is 15.9. The lowest BCUT2D eigenvalue weighted by Gasteiger charge is -2.10. The number of H-pyrrole nitrogens is 1. The van der Waals surface area contributed by atoms with Crippen LogP contribution in [0.4, 0.5) is 0 Å². The van der Waals surface area contributed by atoms with Crippen LogP contribution in [0.15, 0.2) is 48.5 Å². The average Bonchev–Trinajstić information content (AvgIpc) is 3.17. The zero-order valence-corrected chi connectivity index (χ0v) is 16.6. The Bertz CT molecular complexity index is 1220. The van der Waals surface area contributed by atoms with Gasteiger partial charge in [0.25, 0.3) is 0 Å². The van der Waals surface area contributed by atoms with Crippen molar-refractivity contribution >= 4 is 28.6 Å². The van der Waals surface area contributed by atoms with E-state index in [2.05, 4.69) is 15.2 Å². The molecule has 0 saturated carbocycles. The van der Waals surface area contributed by atoms with Gasteiger partial charge in [0.15, 0.2) is 5.65 Å². The van der Waals surface area contributed by atoms with E-state index in [9.17, 15) is 9.90 Å². The molecule has 2 aromatic carbocycles. The standard InChI is InChI=1S/C22H18ClN3O3/c1-12-3-5-13(6-4-12)20-19-16(22(27)28)10-17(24-21(19)26-25-20)14-7-8-18(29-2)15(9-14)11-23/h3-10H,11H2,1-2H3,(H,27,28)(H,24,25,26). The molecule has 2 aromatic heterocycles. The minimum absolute atomic E-state index is 0.137. The van der Waals surface area contributed by atoms with E-state index in [1.807, 2.05) is 43.3 Å². The van der Waals surface area contributed by atoms with Gasteiger partial charge in [-0.1, -0.05) is 29.8 Å². The van der Waals surface area contributed by atoms with Crippen LogP contribution in [-0.4, -0.2) is 33.4 Å². The summed E-state index contributed by atoms with van der Waals surface area (Å²) in [5.41, 5.74) is 5.13. The summed E-state index contributed by atoms with van der Waals surface area (Å²) < 4.78 is 5.30. The van der Waals surface area contributed by atoms with Crippen LogP contribution in [0.5, 0.6) is 5.75 Å². The molecule has 0 amide bonds. The predicted octanol–water partition coefficient (Wildman–Crippen LogP) is 5.05. The maximum Gasteiger partial charge on any atom is 0.336 e. The summed E-state index contributed by atoms with van der Waals surface area (Å²) in [6.45, 7) is 2.00. The molecule has 2 N–H and O–H groups in total. The monoisotopic (exact) mass is 407 g/mol. The molecule has 4 aromatic rings. The van der Waals surface area contributed by atoms with Gasteiger partial charge in [-0.2, -0.15) is 5.10 Å². The first-order valence-corrected chi connectivity index (χ1v) is 9.48. The molecule has 0 spiro atoms. The van der Waals surface area contributed by atoms with Crippen molar-refractivity contribution in [3.63, 3.8) is 0 Å². The number of benzene rings is 2. The highest BCUT2D eigenvalue weighted by Crippen LogP contribution is 2.33. The van der Waals surface area contributed by atoms with Gasteiger partial charge in [-0.25, -0.2) is 9.78 Å². The summed E-state index contributed by atoms with van der Waals surface area (Å²) in [5.74, 6) is -0.102. The second kappa shape index (κ2) is 7.56. The van der Waals surface area contributed by atoms with E-state index in [0.29, 0.717) is 28.2 Å². The molecule has 6 nitrogen and oxygen atoms in total. The van der Waals surface area contributed by atoms with E-state index in [1.54, 1.807) is 19.2 Å². The fourth-order valence-corrected chi connectivity index (χ4v) is 3.52. The van der Waals surface area contributed by atoms with E-state index in [4.69, 9.17) is 16.3 Å². The third-order valence-electron chi connectivity index (χ3n) is 4.81. The number of carboxylic acids is 1. The number of hydrogen-bond donors (Lipinski definition) is 2. The minimum Gasteiger partial charge on any atom is -0.496 e. The number of aromatic carboxylic acids is 1. The highest BCUT2D eigenvalue weighted by Gasteiger charge is 2.20. The van der Waals surface area contributed by atoms with Crippen LogP contribution >= 0.6 is 11.6 Å². The number of pyridine rings is 1. The topological polar surface area (TPSA) is 88.1 Å². The van der Waals surface area contributed by atoms with Crippen LogP contribution < -0.4 is 4.74 Å². The second-order valence-electron chi connectivity index (χ2n) is 6.68. The predicted molar refractivity (Wildman–Crippen MR) is 113 cm³/mol. The fourth-order valence-electron chi connectivity index (χ4n) is 3.31. The van der Waals surface area contributed by atoms with Crippen molar-refractivity contribution in [2.45, 2.75) is 12.8 Å². The Morgan fingerprint density at radius 3 is 2.52 bits per heavy atom. The number of alkyl halides is 1. The van der Waals surface area contributed by atoms with Crippen molar-refractivity contribution in [3.05, 3.63) is 65.2 Å². The van der Waals surface area contributed by atoms with Crippen molar-refractivity contribution in [1.29, 1.82) is 0 Å². The third-order valence-corrected chi connectivity index (χ3v) is 5.10. The number of aryl methyl sites for hydroxylation is 1. The van der Waals surface area contributed by atoms with Gasteiger partial charge < -0.3 is 9.84 Å². The molecular formula is C22H18ClN3O3. The summed E-state index contributed by atoms with van der Waals surface area (Å²) in [6.07, 6.45) is 0. The highest BCUT2D eigenvalue weighted by molar-refractivity contribution is 6.17. The fraction of sp³-hybridized carbons (Fsp3) is 0.136. The Morgan fingerprint density at radius 2 is 1.86 bits per heavy atom. The molecular weight excluding hydrogens is 390 g/mol. The van der Waals surface area contributed by atoms with Crippen molar-refractivity contribution in [3.8, 4) is 28.3 Å². The quantitative estimate of drug-likeness (QED) is 0.452. The number of aromatic amines is 1.